The van der Waals surface area contributed by atoms with E-state index >= 15 is 0 Å². The molecule has 0 aliphatic rings. The minimum atomic E-state index is -2.96. The average molecular weight is 348 g/mol. The monoisotopic (exact) mass is 348 g/mol. The van der Waals surface area contributed by atoms with Gasteiger partial charge in [0.25, 0.3) is 0 Å². The quantitative estimate of drug-likeness (QED) is 0.517. The molecule has 0 saturated heterocycles. The van der Waals surface area contributed by atoms with E-state index in [2.05, 4.69) is 4.74 Å². The molecule has 132 valence electrons. The minimum Gasteiger partial charge on any atom is -0.494 e. The Morgan fingerprint density at radius 2 is 1.84 bits per heavy atom. The zero-order valence-electron chi connectivity index (χ0n) is 13.9. The number of hydrogen-bond acceptors (Lipinski definition) is 4. The average Bonchev–Trinajstić information content (AvgIpc) is 2.61. The molecular formula is C19H18F2O4. The molecule has 0 aliphatic carbocycles. The van der Waals surface area contributed by atoms with E-state index in [4.69, 9.17) is 9.47 Å². The summed E-state index contributed by atoms with van der Waals surface area (Å²) in [6.45, 7) is -0.478. The summed E-state index contributed by atoms with van der Waals surface area (Å²) in [5, 5.41) is 0. The number of carbonyl (C=O) groups is 1. The van der Waals surface area contributed by atoms with Crippen LogP contribution in [0.5, 0.6) is 17.2 Å². The number of ether oxygens (including phenoxy) is 3. The first-order valence-electron chi connectivity index (χ1n) is 7.61. The van der Waals surface area contributed by atoms with Crippen molar-refractivity contribution in [2.75, 3.05) is 13.7 Å². The van der Waals surface area contributed by atoms with Gasteiger partial charge in [0.1, 0.15) is 5.75 Å². The van der Waals surface area contributed by atoms with Crippen LogP contribution in [0.3, 0.4) is 0 Å². The van der Waals surface area contributed by atoms with Crippen molar-refractivity contribution in [1.29, 1.82) is 0 Å². The number of carbonyl (C=O) groups excluding carboxylic acids is 1. The molecule has 0 atom stereocenters. The van der Waals surface area contributed by atoms with Crippen LogP contribution in [0.1, 0.15) is 22.8 Å². The third kappa shape index (κ3) is 5.31. The van der Waals surface area contributed by atoms with Crippen LogP contribution in [0, 0.1) is 0 Å². The molecule has 0 saturated carbocycles. The van der Waals surface area contributed by atoms with Gasteiger partial charge >= 0.3 is 6.61 Å². The third-order valence-corrected chi connectivity index (χ3v) is 3.28. The molecule has 0 fully saturated rings. The van der Waals surface area contributed by atoms with Crippen LogP contribution in [-0.4, -0.2) is 26.1 Å². The summed E-state index contributed by atoms with van der Waals surface area (Å²) in [6, 6.07) is 11.3. The molecule has 0 aliphatic heterocycles. The van der Waals surface area contributed by atoms with Gasteiger partial charge in [-0.1, -0.05) is 18.2 Å². The minimum absolute atomic E-state index is 0.0700. The summed E-state index contributed by atoms with van der Waals surface area (Å²) < 4.78 is 39.3. The maximum Gasteiger partial charge on any atom is 0.387 e. The van der Waals surface area contributed by atoms with E-state index in [1.165, 1.54) is 31.4 Å². The van der Waals surface area contributed by atoms with Crippen molar-refractivity contribution in [3.63, 3.8) is 0 Å². The topological polar surface area (TPSA) is 44.8 Å². The van der Waals surface area contributed by atoms with Crippen molar-refractivity contribution < 1.29 is 27.8 Å². The highest BCUT2D eigenvalue weighted by molar-refractivity contribution is 6.07. The molecule has 2 aromatic rings. The Labute approximate surface area is 144 Å². The Morgan fingerprint density at radius 3 is 2.44 bits per heavy atom. The lowest BCUT2D eigenvalue weighted by Crippen LogP contribution is -2.04. The van der Waals surface area contributed by atoms with Gasteiger partial charge in [-0.15, -0.1) is 0 Å². The van der Waals surface area contributed by atoms with Crippen LogP contribution in [0.4, 0.5) is 8.78 Å². The van der Waals surface area contributed by atoms with Crippen LogP contribution in [0.2, 0.25) is 0 Å². The number of alkyl halides is 2. The zero-order chi connectivity index (χ0) is 18.2. The Bertz CT molecular complexity index is 740. The fourth-order valence-electron chi connectivity index (χ4n) is 2.12. The van der Waals surface area contributed by atoms with Gasteiger partial charge in [0.2, 0.25) is 0 Å². The summed E-state index contributed by atoms with van der Waals surface area (Å²) in [4.78, 5) is 12.2. The molecule has 0 N–H and O–H groups in total. The van der Waals surface area contributed by atoms with Crippen LogP contribution >= 0.6 is 0 Å². The molecule has 6 heteroatoms. The lowest BCUT2D eigenvalue weighted by Gasteiger charge is -2.10. The molecule has 0 amide bonds. The number of ketones is 1. The van der Waals surface area contributed by atoms with Crippen LogP contribution < -0.4 is 14.2 Å². The van der Waals surface area contributed by atoms with E-state index in [-0.39, 0.29) is 17.3 Å². The second-order valence-corrected chi connectivity index (χ2v) is 4.94. The lowest BCUT2D eigenvalue weighted by atomic mass is 10.1. The molecule has 0 heterocycles. The normalized spacial score (nSPS) is 10.9. The van der Waals surface area contributed by atoms with E-state index in [0.29, 0.717) is 12.2 Å². The first-order chi connectivity index (χ1) is 12.0. The molecule has 0 bridgehead atoms. The molecule has 0 radical (unpaired) electrons. The van der Waals surface area contributed by atoms with Gasteiger partial charge in [0.05, 0.1) is 13.7 Å². The molecule has 0 aromatic heterocycles. The maximum atomic E-state index is 12.3. The van der Waals surface area contributed by atoms with E-state index in [1.807, 2.05) is 31.2 Å². The maximum absolute atomic E-state index is 12.3. The zero-order valence-corrected chi connectivity index (χ0v) is 13.9. The first kappa shape index (κ1) is 18.4. The second kappa shape index (κ2) is 8.82. The van der Waals surface area contributed by atoms with Crippen LogP contribution in [-0.2, 0) is 0 Å². The van der Waals surface area contributed by atoms with Gasteiger partial charge in [0.15, 0.2) is 17.3 Å². The second-order valence-electron chi connectivity index (χ2n) is 4.94. The third-order valence-electron chi connectivity index (χ3n) is 3.28. The highest BCUT2D eigenvalue weighted by atomic mass is 19.3. The van der Waals surface area contributed by atoms with Crippen LogP contribution in [0.15, 0.2) is 48.5 Å². The summed E-state index contributed by atoms with van der Waals surface area (Å²) in [6.07, 6.45) is 3.06. The van der Waals surface area contributed by atoms with Gasteiger partial charge < -0.3 is 14.2 Å². The van der Waals surface area contributed by atoms with Gasteiger partial charge in [-0.2, -0.15) is 8.78 Å². The molecule has 25 heavy (non-hydrogen) atoms. The molecule has 2 rings (SSSR count). The van der Waals surface area contributed by atoms with Crippen molar-refractivity contribution in [2.45, 2.75) is 13.5 Å². The smallest absolute Gasteiger partial charge is 0.387 e. The van der Waals surface area contributed by atoms with E-state index in [9.17, 15) is 13.6 Å². The van der Waals surface area contributed by atoms with E-state index in [1.54, 1.807) is 6.08 Å². The Hall–Kier alpha value is -2.89. The molecule has 0 spiro atoms. The summed E-state index contributed by atoms with van der Waals surface area (Å²) >= 11 is 0. The molecule has 2 aromatic carbocycles. The first-order valence-corrected chi connectivity index (χ1v) is 7.61. The molecule has 4 nitrogen and oxygen atoms in total. The van der Waals surface area contributed by atoms with Crippen LogP contribution in [0.25, 0.3) is 6.08 Å². The predicted molar refractivity (Wildman–Crippen MR) is 90.6 cm³/mol. The van der Waals surface area contributed by atoms with Crippen molar-refractivity contribution in [2.24, 2.45) is 0 Å². The van der Waals surface area contributed by atoms with Crippen molar-refractivity contribution in [3.05, 3.63) is 59.7 Å². The largest absolute Gasteiger partial charge is 0.494 e. The fraction of sp³-hybridized carbons (Fsp3) is 0.211. The number of methoxy groups -OCH3 is 1. The highest BCUT2D eigenvalue weighted by Crippen LogP contribution is 2.29. The van der Waals surface area contributed by atoms with Gasteiger partial charge in [-0.05, 0) is 48.9 Å². The highest BCUT2D eigenvalue weighted by Gasteiger charge is 2.13. The molecular weight excluding hydrogens is 330 g/mol. The summed E-state index contributed by atoms with van der Waals surface area (Å²) in [5.41, 5.74) is 1.14. The van der Waals surface area contributed by atoms with Gasteiger partial charge in [-0.3, -0.25) is 4.79 Å². The number of halogens is 2. The van der Waals surface area contributed by atoms with E-state index < -0.39 is 6.61 Å². The van der Waals surface area contributed by atoms with Gasteiger partial charge in [0, 0.05) is 5.56 Å². The van der Waals surface area contributed by atoms with Crippen molar-refractivity contribution >= 4 is 11.9 Å². The van der Waals surface area contributed by atoms with E-state index in [0.717, 1.165) is 11.3 Å². The Morgan fingerprint density at radius 1 is 1.12 bits per heavy atom. The fourth-order valence-corrected chi connectivity index (χ4v) is 2.12. The number of hydrogen-bond donors (Lipinski definition) is 0. The Kier molecular flexibility index (Phi) is 6.51. The molecule has 0 unspecified atom stereocenters. The SMILES string of the molecule is CCOc1ccc(C=CC(=O)c2ccc(OC(F)F)c(OC)c2)cc1. The summed E-state index contributed by atoms with van der Waals surface area (Å²) in [5.74, 6) is 0.422. The Balaban J connectivity index is 2.11. The summed E-state index contributed by atoms with van der Waals surface area (Å²) in [7, 11) is 1.32. The number of benzene rings is 2. The van der Waals surface area contributed by atoms with Gasteiger partial charge in [-0.25, -0.2) is 0 Å². The lowest BCUT2D eigenvalue weighted by molar-refractivity contribution is -0.0512. The number of allylic oxidation sites excluding steroid dienone is 1. The standard InChI is InChI=1S/C19H18F2O4/c1-3-24-15-8-4-13(5-9-15)6-10-16(22)14-7-11-17(25-19(20)21)18(12-14)23-2/h4-12,19H,3H2,1-2H3. The number of rotatable bonds is 8. The van der Waals surface area contributed by atoms with Crippen molar-refractivity contribution in [3.8, 4) is 17.2 Å². The van der Waals surface area contributed by atoms with Crippen molar-refractivity contribution in [1.82, 2.24) is 0 Å². The predicted octanol–water partition coefficient (Wildman–Crippen LogP) is 4.59.